The lowest BCUT2D eigenvalue weighted by Crippen LogP contribution is -2.27. The number of rotatable bonds is 9. The minimum atomic E-state index is -0.495. The Hall–Kier alpha value is -3.10. The van der Waals surface area contributed by atoms with E-state index in [2.05, 4.69) is 11.3 Å². The molecule has 1 fully saturated rings. The second kappa shape index (κ2) is 11.0. The number of amides is 1. The molecule has 3 rings (SSSR count). The number of anilines is 1. The first-order chi connectivity index (χ1) is 15.5. The van der Waals surface area contributed by atoms with Crippen molar-refractivity contribution in [3.63, 3.8) is 0 Å². The van der Waals surface area contributed by atoms with Crippen LogP contribution in [-0.4, -0.2) is 36.5 Å². The summed E-state index contributed by atoms with van der Waals surface area (Å²) in [6, 6.07) is 13.0. The topological polar surface area (TPSA) is 65.1 Å². The number of para-hydroxylation sites is 1. The minimum absolute atomic E-state index is 0.180. The zero-order valence-corrected chi connectivity index (χ0v) is 19.5. The van der Waals surface area contributed by atoms with E-state index in [0.29, 0.717) is 33.8 Å². The number of hydrogen-bond donors (Lipinski definition) is 0. The summed E-state index contributed by atoms with van der Waals surface area (Å²) in [5.74, 6) is 0.248. The molecule has 1 heterocycles. The molecule has 0 unspecified atom stereocenters. The molecular formula is C24H23NO5S2. The van der Waals surface area contributed by atoms with Crippen LogP contribution >= 0.6 is 24.0 Å². The van der Waals surface area contributed by atoms with Gasteiger partial charge in [0.25, 0.3) is 5.91 Å². The molecule has 1 aliphatic heterocycles. The van der Waals surface area contributed by atoms with Gasteiger partial charge in [-0.2, -0.15) is 0 Å². The Morgan fingerprint density at radius 2 is 1.97 bits per heavy atom. The number of carbonyl (C=O) groups is 2. The molecule has 2 aromatic carbocycles. The summed E-state index contributed by atoms with van der Waals surface area (Å²) in [6.45, 7) is 5.82. The molecule has 0 aromatic heterocycles. The number of thiocarbonyl (C=S) groups is 1. The zero-order valence-electron chi connectivity index (χ0n) is 17.8. The molecule has 32 heavy (non-hydrogen) atoms. The maximum Gasteiger partial charge on any atom is 0.343 e. The third-order valence-corrected chi connectivity index (χ3v) is 5.79. The van der Waals surface area contributed by atoms with Gasteiger partial charge in [-0.3, -0.25) is 9.69 Å². The fraction of sp³-hybridized carbons (Fsp3) is 0.208. The first-order valence-corrected chi connectivity index (χ1v) is 11.1. The quantitative estimate of drug-likeness (QED) is 0.227. The monoisotopic (exact) mass is 469 g/mol. The molecule has 0 radical (unpaired) electrons. The second-order valence-electron chi connectivity index (χ2n) is 6.65. The van der Waals surface area contributed by atoms with Crippen molar-refractivity contribution in [3.8, 4) is 11.5 Å². The van der Waals surface area contributed by atoms with Crippen LogP contribution in [0.3, 0.4) is 0 Å². The fourth-order valence-electron chi connectivity index (χ4n) is 3.11. The van der Waals surface area contributed by atoms with Crippen LogP contribution < -0.4 is 14.4 Å². The molecular weight excluding hydrogens is 446 g/mol. The maximum atomic E-state index is 13.0. The van der Waals surface area contributed by atoms with Crippen molar-refractivity contribution in [2.45, 2.75) is 13.3 Å². The Morgan fingerprint density at radius 1 is 1.22 bits per heavy atom. The highest BCUT2D eigenvalue weighted by Crippen LogP contribution is 2.38. The Bertz CT molecular complexity index is 1070. The third-order valence-electron chi connectivity index (χ3n) is 4.49. The predicted octanol–water partition coefficient (Wildman–Crippen LogP) is 4.77. The smallest absolute Gasteiger partial charge is 0.343 e. The summed E-state index contributed by atoms with van der Waals surface area (Å²) in [4.78, 5) is 26.6. The predicted molar refractivity (Wildman–Crippen MR) is 131 cm³/mol. The summed E-state index contributed by atoms with van der Waals surface area (Å²) in [7, 11) is 1.30. The molecule has 166 valence electrons. The molecule has 1 amide bonds. The molecule has 0 atom stereocenters. The molecule has 1 saturated heterocycles. The van der Waals surface area contributed by atoms with Crippen molar-refractivity contribution in [1.82, 2.24) is 0 Å². The number of ether oxygens (including phenoxy) is 3. The van der Waals surface area contributed by atoms with Crippen molar-refractivity contribution in [2.75, 3.05) is 25.2 Å². The number of esters is 1. The van der Waals surface area contributed by atoms with E-state index in [1.807, 2.05) is 43.3 Å². The van der Waals surface area contributed by atoms with Crippen LogP contribution in [0.25, 0.3) is 6.08 Å². The Balaban J connectivity index is 1.97. The van der Waals surface area contributed by atoms with Crippen molar-refractivity contribution in [3.05, 3.63) is 71.2 Å². The van der Waals surface area contributed by atoms with Crippen LogP contribution in [-0.2, 0) is 20.7 Å². The Labute approximate surface area is 196 Å². The molecule has 6 nitrogen and oxygen atoms in total. The average Bonchev–Trinajstić information content (AvgIpc) is 3.06. The molecule has 8 heteroatoms. The van der Waals surface area contributed by atoms with Gasteiger partial charge in [-0.15, -0.1) is 6.58 Å². The number of allylic oxidation sites excluding steroid dienone is 1. The molecule has 0 aliphatic carbocycles. The van der Waals surface area contributed by atoms with E-state index < -0.39 is 5.97 Å². The largest absolute Gasteiger partial charge is 0.490 e. The van der Waals surface area contributed by atoms with Gasteiger partial charge in [-0.05, 0) is 49.2 Å². The molecule has 0 saturated carbocycles. The van der Waals surface area contributed by atoms with E-state index in [4.69, 9.17) is 21.7 Å². The molecule has 2 aromatic rings. The lowest BCUT2D eigenvalue weighted by molar-refractivity contribution is -0.142. The molecule has 0 N–H and O–H groups in total. The maximum absolute atomic E-state index is 13.0. The van der Waals surface area contributed by atoms with Gasteiger partial charge in [0.2, 0.25) is 0 Å². The first-order valence-electron chi connectivity index (χ1n) is 9.91. The van der Waals surface area contributed by atoms with Gasteiger partial charge in [0.15, 0.2) is 22.4 Å². The van der Waals surface area contributed by atoms with Gasteiger partial charge in [0, 0.05) is 5.56 Å². The minimum Gasteiger partial charge on any atom is -0.490 e. The second-order valence-corrected chi connectivity index (χ2v) is 8.33. The van der Waals surface area contributed by atoms with Crippen LogP contribution in [0.1, 0.15) is 18.1 Å². The summed E-state index contributed by atoms with van der Waals surface area (Å²) >= 11 is 6.69. The van der Waals surface area contributed by atoms with Gasteiger partial charge in [-0.1, -0.05) is 48.3 Å². The number of carbonyl (C=O) groups excluding carboxylic acids is 2. The average molecular weight is 470 g/mol. The number of hydrogen-bond acceptors (Lipinski definition) is 7. The van der Waals surface area contributed by atoms with Gasteiger partial charge in [0.1, 0.15) is 0 Å². The summed E-state index contributed by atoms with van der Waals surface area (Å²) < 4.78 is 16.6. The number of methoxy groups -OCH3 is 1. The van der Waals surface area contributed by atoms with Crippen molar-refractivity contribution >= 4 is 51.9 Å². The SMILES string of the molecule is C=CCc1cc(/C=C2/SC(=S)N(c3ccccc3)C2=O)cc(OCC)c1OCC(=O)OC. The van der Waals surface area contributed by atoms with Gasteiger partial charge in [0.05, 0.1) is 24.3 Å². The lowest BCUT2D eigenvalue weighted by atomic mass is 10.0. The van der Waals surface area contributed by atoms with Crippen LogP contribution in [0.5, 0.6) is 11.5 Å². The molecule has 1 aliphatic rings. The van der Waals surface area contributed by atoms with Gasteiger partial charge < -0.3 is 14.2 Å². The van der Waals surface area contributed by atoms with E-state index in [1.165, 1.54) is 23.8 Å². The highest BCUT2D eigenvalue weighted by Gasteiger charge is 2.33. The van der Waals surface area contributed by atoms with E-state index in [-0.39, 0.29) is 12.5 Å². The third kappa shape index (κ3) is 5.38. The zero-order chi connectivity index (χ0) is 23.1. The van der Waals surface area contributed by atoms with Crippen molar-refractivity contribution in [1.29, 1.82) is 0 Å². The molecule has 0 spiro atoms. The first kappa shape index (κ1) is 23.6. The van der Waals surface area contributed by atoms with E-state index >= 15 is 0 Å². The van der Waals surface area contributed by atoms with Crippen molar-refractivity contribution in [2.24, 2.45) is 0 Å². The van der Waals surface area contributed by atoms with Gasteiger partial charge in [-0.25, -0.2) is 4.79 Å². The van der Waals surface area contributed by atoms with Crippen LogP contribution in [0, 0.1) is 0 Å². The molecule has 0 bridgehead atoms. The van der Waals surface area contributed by atoms with Gasteiger partial charge >= 0.3 is 5.97 Å². The van der Waals surface area contributed by atoms with E-state index in [1.54, 1.807) is 18.2 Å². The highest BCUT2D eigenvalue weighted by molar-refractivity contribution is 8.27. The van der Waals surface area contributed by atoms with E-state index in [9.17, 15) is 9.59 Å². The summed E-state index contributed by atoms with van der Waals surface area (Å²) in [5.41, 5.74) is 2.26. The highest BCUT2D eigenvalue weighted by atomic mass is 32.2. The Kier molecular flexibility index (Phi) is 8.08. The Morgan fingerprint density at radius 3 is 2.62 bits per heavy atom. The van der Waals surface area contributed by atoms with Crippen LogP contribution in [0.15, 0.2) is 60.0 Å². The summed E-state index contributed by atoms with van der Waals surface area (Å²) in [5, 5.41) is 0. The van der Waals surface area contributed by atoms with Crippen molar-refractivity contribution < 1.29 is 23.8 Å². The van der Waals surface area contributed by atoms with Crippen LogP contribution in [0.2, 0.25) is 0 Å². The number of benzene rings is 2. The number of nitrogens with zero attached hydrogens (tertiary/aromatic N) is 1. The van der Waals surface area contributed by atoms with E-state index in [0.717, 1.165) is 16.8 Å². The number of thioether (sulfide) groups is 1. The fourth-order valence-corrected chi connectivity index (χ4v) is 4.41. The lowest BCUT2D eigenvalue weighted by Gasteiger charge is -2.16. The normalized spacial score (nSPS) is 14.6. The van der Waals surface area contributed by atoms with Crippen LogP contribution in [0.4, 0.5) is 5.69 Å². The summed E-state index contributed by atoms with van der Waals surface area (Å²) in [6.07, 6.45) is 4.00. The standard InChI is InChI=1S/C24H23NO5S2/c1-4-9-17-12-16(13-19(29-5-2)22(17)30-15-21(26)28-3)14-20-23(27)25(24(31)32-20)18-10-7-6-8-11-18/h4,6-8,10-14H,1,5,9,15H2,2-3H3/b20-14+.